The molecule has 1 amide bonds. The first-order valence-corrected chi connectivity index (χ1v) is 6.98. The Kier molecular flexibility index (Phi) is 5.51. The zero-order valence-corrected chi connectivity index (χ0v) is 12.5. The fraction of sp³-hybridized carbons (Fsp3) is 0.188. The fourth-order valence-corrected chi connectivity index (χ4v) is 1.81. The first-order valence-electron chi connectivity index (χ1n) is 6.98. The third-order valence-corrected chi connectivity index (χ3v) is 2.87. The Balaban J connectivity index is 1.83. The standard InChI is InChI=1S/C16H16N2O5/c1-2-22-14-7-3-12(4-8-14)17-16(19)11-23-15-9-5-13(6-10-15)18(20)21/h3-10H,2,11H2,1H3,(H,17,19). The number of amides is 1. The van der Waals surface area contributed by atoms with Gasteiger partial charge in [-0.05, 0) is 43.3 Å². The molecule has 2 aromatic rings. The number of ether oxygens (including phenoxy) is 2. The summed E-state index contributed by atoms with van der Waals surface area (Å²) in [4.78, 5) is 21.8. The molecule has 2 aromatic carbocycles. The summed E-state index contributed by atoms with van der Waals surface area (Å²) in [7, 11) is 0. The molecule has 0 aliphatic rings. The Morgan fingerprint density at radius 2 is 1.61 bits per heavy atom. The molecule has 2 rings (SSSR count). The van der Waals surface area contributed by atoms with Crippen LogP contribution in [0.5, 0.6) is 11.5 Å². The van der Waals surface area contributed by atoms with Crippen molar-refractivity contribution in [2.24, 2.45) is 0 Å². The highest BCUT2D eigenvalue weighted by atomic mass is 16.6. The molecule has 0 unspecified atom stereocenters. The van der Waals surface area contributed by atoms with Crippen LogP contribution in [0.2, 0.25) is 0 Å². The van der Waals surface area contributed by atoms with Gasteiger partial charge in [-0.25, -0.2) is 0 Å². The van der Waals surface area contributed by atoms with Crippen molar-refractivity contribution >= 4 is 17.3 Å². The van der Waals surface area contributed by atoms with Crippen LogP contribution >= 0.6 is 0 Å². The first kappa shape index (κ1) is 16.3. The quantitative estimate of drug-likeness (QED) is 0.626. The van der Waals surface area contributed by atoms with E-state index in [0.717, 1.165) is 5.75 Å². The third-order valence-electron chi connectivity index (χ3n) is 2.87. The summed E-state index contributed by atoms with van der Waals surface area (Å²) < 4.78 is 10.6. The molecule has 120 valence electrons. The van der Waals surface area contributed by atoms with E-state index in [2.05, 4.69) is 5.32 Å². The number of hydrogen-bond acceptors (Lipinski definition) is 5. The molecule has 0 aliphatic heterocycles. The van der Waals surface area contributed by atoms with Gasteiger partial charge in [-0.2, -0.15) is 0 Å². The zero-order chi connectivity index (χ0) is 16.7. The average Bonchev–Trinajstić information content (AvgIpc) is 2.55. The van der Waals surface area contributed by atoms with Gasteiger partial charge in [-0.15, -0.1) is 0 Å². The Morgan fingerprint density at radius 1 is 1.04 bits per heavy atom. The molecule has 0 aromatic heterocycles. The van der Waals surface area contributed by atoms with Gasteiger partial charge in [0, 0.05) is 17.8 Å². The third kappa shape index (κ3) is 4.99. The topological polar surface area (TPSA) is 90.7 Å². The predicted octanol–water partition coefficient (Wildman–Crippen LogP) is 3.01. The second-order valence-corrected chi connectivity index (χ2v) is 4.55. The van der Waals surface area contributed by atoms with Crippen LogP contribution in [0, 0.1) is 10.1 Å². The van der Waals surface area contributed by atoms with Crippen molar-refractivity contribution in [1.82, 2.24) is 0 Å². The number of non-ortho nitro benzene ring substituents is 1. The van der Waals surface area contributed by atoms with E-state index in [1.54, 1.807) is 24.3 Å². The maximum Gasteiger partial charge on any atom is 0.269 e. The number of carbonyl (C=O) groups is 1. The normalized spacial score (nSPS) is 9.96. The van der Waals surface area contributed by atoms with Gasteiger partial charge in [0.25, 0.3) is 11.6 Å². The van der Waals surface area contributed by atoms with Crippen molar-refractivity contribution in [3.63, 3.8) is 0 Å². The summed E-state index contributed by atoms with van der Waals surface area (Å²) in [6, 6.07) is 12.5. The van der Waals surface area contributed by atoms with Gasteiger partial charge in [0.2, 0.25) is 0 Å². The number of rotatable bonds is 7. The van der Waals surface area contributed by atoms with Gasteiger partial charge in [0.05, 0.1) is 11.5 Å². The molecule has 23 heavy (non-hydrogen) atoms. The van der Waals surface area contributed by atoms with E-state index in [1.807, 2.05) is 6.92 Å². The van der Waals surface area contributed by atoms with Gasteiger partial charge in [-0.1, -0.05) is 0 Å². The Hall–Kier alpha value is -3.09. The van der Waals surface area contributed by atoms with Crippen LogP contribution in [0.1, 0.15) is 6.92 Å². The van der Waals surface area contributed by atoms with Gasteiger partial charge in [0.15, 0.2) is 6.61 Å². The molecule has 0 radical (unpaired) electrons. The van der Waals surface area contributed by atoms with Crippen LogP contribution < -0.4 is 14.8 Å². The lowest BCUT2D eigenvalue weighted by Crippen LogP contribution is -2.20. The number of nitro groups is 1. The Labute approximate surface area is 133 Å². The maximum atomic E-state index is 11.8. The van der Waals surface area contributed by atoms with E-state index in [0.29, 0.717) is 18.0 Å². The summed E-state index contributed by atoms with van der Waals surface area (Å²) in [6.45, 7) is 2.28. The van der Waals surface area contributed by atoms with Crippen LogP contribution in [0.25, 0.3) is 0 Å². The molecule has 0 bridgehead atoms. The summed E-state index contributed by atoms with van der Waals surface area (Å²) >= 11 is 0. The summed E-state index contributed by atoms with van der Waals surface area (Å²) in [6.07, 6.45) is 0. The number of carbonyl (C=O) groups excluding carboxylic acids is 1. The number of benzene rings is 2. The van der Waals surface area contributed by atoms with Crippen LogP contribution in [0.4, 0.5) is 11.4 Å². The summed E-state index contributed by atoms with van der Waals surface area (Å²) in [5, 5.41) is 13.2. The molecule has 7 heteroatoms. The second kappa shape index (κ2) is 7.79. The van der Waals surface area contributed by atoms with Crippen molar-refractivity contribution < 1.29 is 19.2 Å². The summed E-state index contributed by atoms with van der Waals surface area (Å²) in [5.41, 5.74) is 0.599. The lowest BCUT2D eigenvalue weighted by atomic mass is 10.3. The number of anilines is 1. The molecule has 7 nitrogen and oxygen atoms in total. The highest BCUT2D eigenvalue weighted by molar-refractivity contribution is 5.91. The van der Waals surface area contributed by atoms with Gasteiger partial charge < -0.3 is 14.8 Å². The van der Waals surface area contributed by atoms with E-state index < -0.39 is 4.92 Å². The van der Waals surface area contributed by atoms with Crippen molar-refractivity contribution in [3.8, 4) is 11.5 Å². The molecule has 0 atom stereocenters. The molecule has 0 saturated heterocycles. The molecule has 0 fully saturated rings. The molecule has 0 spiro atoms. The highest BCUT2D eigenvalue weighted by Crippen LogP contribution is 2.18. The first-order chi connectivity index (χ1) is 11.1. The van der Waals surface area contributed by atoms with Crippen molar-refractivity contribution in [2.75, 3.05) is 18.5 Å². The number of nitrogens with zero attached hydrogens (tertiary/aromatic N) is 1. The molecule has 0 aliphatic carbocycles. The predicted molar refractivity (Wildman–Crippen MR) is 84.8 cm³/mol. The largest absolute Gasteiger partial charge is 0.494 e. The van der Waals surface area contributed by atoms with Crippen LogP contribution in [0.3, 0.4) is 0 Å². The molecular formula is C16H16N2O5. The van der Waals surface area contributed by atoms with Crippen LogP contribution in [0.15, 0.2) is 48.5 Å². The molecule has 0 heterocycles. The van der Waals surface area contributed by atoms with Crippen molar-refractivity contribution in [3.05, 3.63) is 58.6 Å². The van der Waals surface area contributed by atoms with Gasteiger partial charge >= 0.3 is 0 Å². The zero-order valence-electron chi connectivity index (χ0n) is 12.5. The van der Waals surface area contributed by atoms with E-state index in [1.165, 1.54) is 24.3 Å². The molecular weight excluding hydrogens is 300 g/mol. The van der Waals surface area contributed by atoms with E-state index in [-0.39, 0.29) is 18.2 Å². The minimum atomic E-state index is -0.498. The van der Waals surface area contributed by atoms with Gasteiger partial charge in [-0.3, -0.25) is 14.9 Å². The van der Waals surface area contributed by atoms with Crippen molar-refractivity contribution in [1.29, 1.82) is 0 Å². The lowest BCUT2D eigenvalue weighted by molar-refractivity contribution is -0.384. The molecule has 0 saturated carbocycles. The Morgan fingerprint density at radius 3 is 2.17 bits per heavy atom. The average molecular weight is 316 g/mol. The maximum absolute atomic E-state index is 11.8. The minimum absolute atomic E-state index is 0.0313. The number of nitrogens with one attached hydrogen (secondary N) is 1. The number of hydrogen-bond donors (Lipinski definition) is 1. The van der Waals surface area contributed by atoms with E-state index in [9.17, 15) is 14.9 Å². The smallest absolute Gasteiger partial charge is 0.269 e. The monoisotopic (exact) mass is 316 g/mol. The fourth-order valence-electron chi connectivity index (χ4n) is 1.81. The van der Waals surface area contributed by atoms with Crippen LogP contribution in [-0.2, 0) is 4.79 Å². The Bertz CT molecular complexity index is 668. The highest BCUT2D eigenvalue weighted by Gasteiger charge is 2.07. The van der Waals surface area contributed by atoms with E-state index >= 15 is 0 Å². The number of nitro benzene ring substituents is 1. The lowest BCUT2D eigenvalue weighted by Gasteiger charge is -2.08. The molecule has 1 N–H and O–H groups in total. The second-order valence-electron chi connectivity index (χ2n) is 4.55. The van der Waals surface area contributed by atoms with Crippen molar-refractivity contribution in [2.45, 2.75) is 6.92 Å². The summed E-state index contributed by atoms with van der Waals surface area (Å²) in [5.74, 6) is 0.789. The van der Waals surface area contributed by atoms with Gasteiger partial charge in [0.1, 0.15) is 11.5 Å². The van der Waals surface area contributed by atoms with E-state index in [4.69, 9.17) is 9.47 Å². The minimum Gasteiger partial charge on any atom is -0.494 e. The van der Waals surface area contributed by atoms with Crippen LogP contribution in [-0.4, -0.2) is 24.0 Å². The SMILES string of the molecule is CCOc1ccc(NC(=O)COc2ccc([N+](=O)[O-])cc2)cc1.